The van der Waals surface area contributed by atoms with E-state index in [0.29, 0.717) is 17.0 Å². The van der Waals surface area contributed by atoms with Crippen LogP contribution in [-0.4, -0.2) is 45.1 Å². The van der Waals surface area contributed by atoms with Crippen molar-refractivity contribution >= 4 is 5.69 Å². The number of benzene rings is 1. The third-order valence-corrected chi connectivity index (χ3v) is 3.21. The average molecular weight is 306 g/mol. The molecule has 0 amide bonds. The molecule has 1 atom stereocenters. The monoisotopic (exact) mass is 306 g/mol. The number of ether oxygens (including phenoxy) is 1. The predicted octanol–water partition coefficient (Wildman–Crippen LogP) is 2.34. The Bertz CT molecular complexity index is 452. The summed E-state index contributed by atoms with van der Waals surface area (Å²) in [5.41, 5.74) is 1.04. The summed E-state index contributed by atoms with van der Waals surface area (Å²) in [6, 6.07) is 4.76. The van der Waals surface area contributed by atoms with E-state index in [9.17, 15) is 13.2 Å². The summed E-state index contributed by atoms with van der Waals surface area (Å²) in [5.74, 6) is 0.513. The highest BCUT2D eigenvalue weighted by Crippen LogP contribution is 2.35. The minimum Gasteiger partial charge on any atom is -0.496 e. The lowest BCUT2D eigenvalue weighted by atomic mass is 10.0. The number of aliphatic hydroxyl groups is 1. The van der Waals surface area contributed by atoms with Gasteiger partial charge in [-0.15, -0.1) is 0 Å². The van der Waals surface area contributed by atoms with Gasteiger partial charge in [-0.1, -0.05) is 6.07 Å². The van der Waals surface area contributed by atoms with Crippen molar-refractivity contribution in [1.29, 1.82) is 0 Å². The fourth-order valence-corrected chi connectivity index (χ4v) is 2.19. The number of hydrogen-bond donors (Lipinski definition) is 2. The first-order valence-electron chi connectivity index (χ1n) is 6.60. The quantitative estimate of drug-likeness (QED) is 0.811. The van der Waals surface area contributed by atoms with Crippen molar-refractivity contribution in [2.24, 2.45) is 0 Å². The van der Waals surface area contributed by atoms with E-state index in [-0.39, 0.29) is 19.2 Å². The lowest BCUT2D eigenvalue weighted by Gasteiger charge is -2.30. The molecule has 0 spiro atoms. The summed E-state index contributed by atoms with van der Waals surface area (Å²) in [7, 11) is 3.20. The van der Waals surface area contributed by atoms with Crippen LogP contribution < -0.4 is 15.0 Å². The SMILES string of the molecule is CNC(C)c1c(OC)cccc1N(CCO)CC(F)(F)F. The molecule has 2 N–H and O–H groups in total. The van der Waals surface area contributed by atoms with Crippen LogP contribution in [0.4, 0.5) is 18.9 Å². The zero-order valence-corrected chi connectivity index (χ0v) is 12.4. The molecular weight excluding hydrogens is 285 g/mol. The first-order chi connectivity index (χ1) is 9.84. The van der Waals surface area contributed by atoms with Crippen LogP contribution in [0.5, 0.6) is 5.75 Å². The standard InChI is InChI=1S/C14H21F3N2O2/c1-10(18-2)13-11(5-4-6-12(13)21-3)19(7-8-20)9-14(15,16)17/h4-6,10,18,20H,7-9H2,1-3H3. The van der Waals surface area contributed by atoms with Gasteiger partial charge >= 0.3 is 6.18 Å². The Hall–Kier alpha value is -1.47. The van der Waals surface area contributed by atoms with Gasteiger partial charge < -0.3 is 20.1 Å². The molecule has 0 radical (unpaired) electrons. The topological polar surface area (TPSA) is 44.7 Å². The van der Waals surface area contributed by atoms with Crippen LogP contribution in [0.3, 0.4) is 0 Å². The van der Waals surface area contributed by atoms with E-state index in [4.69, 9.17) is 9.84 Å². The van der Waals surface area contributed by atoms with E-state index in [0.717, 1.165) is 4.90 Å². The first-order valence-corrected chi connectivity index (χ1v) is 6.60. The molecule has 120 valence electrons. The van der Waals surface area contributed by atoms with Gasteiger partial charge in [-0.25, -0.2) is 0 Å². The summed E-state index contributed by atoms with van der Waals surface area (Å²) in [6.07, 6.45) is -4.35. The van der Waals surface area contributed by atoms with Crippen molar-refractivity contribution in [3.05, 3.63) is 23.8 Å². The van der Waals surface area contributed by atoms with Crippen LogP contribution in [-0.2, 0) is 0 Å². The van der Waals surface area contributed by atoms with Crippen LogP contribution in [0.15, 0.2) is 18.2 Å². The van der Waals surface area contributed by atoms with Gasteiger partial charge in [0.1, 0.15) is 12.3 Å². The lowest BCUT2D eigenvalue weighted by molar-refractivity contribution is -0.119. The Balaban J connectivity index is 3.29. The zero-order valence-electron chi connectivity index (χ0n) is 12.4. The van der Waals surface area contributed by atoms with E-state index < -0.39 is 12.7 Å². The van der Waals surface area contributed by atoms with Gasteiger partial charge in [0.2, 0.25) is 0 Å². The number of nitrogens with one attached hydrogen (secondary N) is 1. The van der Waals surface area contributed by atoms with E-state index in [1.165, 1.54) is 7.11 Å². The Morgan fingerprint density at radius 1 is 1.38 bits per heavy atom. The zero-order chi connectivity index (χ0) is 16.0. The second-order valence-electron chi connectivity index (χ2n) is 4.66. The summed E-state index contributed by atoms with van der Waals surface area (Å²) >= 11 is 0. The molecular formula is C14H21F3N2O2. The summed E-state index contributed by atoms with van der Waals surface area (Å²) in [5, 5.41) is 12.1. The maximum atomic E-state index is 12.7. The molecule has 0 saturated heterocycles. The van der Waals surface area contributed by atoms with E-state index in [2.05, 4.69) is 5.32 Å². The first kappa shape index (κ1) is 17.6. The third kappa shape index (κ3) is 4.78. The number of hydrogen-bond acceptors (Lipinski definition) is 4. The lowest BCUT2D eigenvalue weighted by Crippen LogP contribution is -2.37. The molecule has 0 heterocycles. The predicted molar refractivity (Wildman–Crippen MR) is 75.8 cm³/mol. The van der Waals surface area contributed by atoms with E-state index in [1.807, 2.05) is 6.92 Å². The highest BCUT2D eigenvalue weighted by Gasteiger charge is 2.32. The number of nitrogens with zero attached hydrogens (tertiary/aromatic N) is 1. The van der Waals surface area contributed by atoms with Crippen molar-refractivity contribution in [3.8, 4) is 5.75 Å². The number of anilines is 1. The van der Waals surface area contributed by atoms with E-state index in [1.54, 1.807) is 25.2 Å². The van der Waals surface area contributed by atoms with Crippen molar-refractivity contribution in [1.82, 2.24) is 5.32 Å². The molecule has 7 heteroatoms. The van der Waals surface area contributed by atoms with Crippen LogP contribution in [0, 0.1) is 0 Å². The number of rotatable bonds is 7. The largest absolute Gasteiger partial charge is 0.496 e. The maximum Gasteiger partial charge on any atom is 0.405 e. The number of halogens is 3. The fourth-order valence-electron chi connectivity index (χ4n) is 2.19. The number of aliphatic hydroxyl groups excluding tert-OH is 1. The molecule has 0 aliphatic heterocycles. The average Bonchev–Trinajstić information content (AvgIpc) is 2.43. The maximum absolute atomic E-state index is 12.7. The molecule has 1 unspecified atom stereocenters. The van der Waals surface area contributed by atoms with Gasteiger partial charge in [0.05, 0.1) is 13.7 Å². The summed E-state index contributed by atoms with van der Waals surface area (Å²) < 4.78 is 43.5. The fraction of sp³-hybridized carbons (Fsp3) is 0.571. The highest BCUT2D eigenvalue weighted by molar-refractivity contribution is 5.61. The minimum absolute atomic E-state index is 0.101. The van der Waals surface area contributed by atoms with Gasteiger partial charge in [-0.05, 0) is 26.1 Å². The normalized spacial score (nSPS) is 13.1. The van der Waals surface area contributed by atoms with Crippen LogP contribution in [0.1, 0.15) is 18.5 Å². The molecule has 4 nitrogen and oxygen atoms in total. The second-order valence-corrected chi connectivity index (χ2v) is 4.66. The van der Waals surface area contributed by atoms with Crippen LogP contribution in [0.2, 0.25) is 0 Å². The Morgan fingerprint density at radius 2 is 2.05 bits per heavy atom. The highest BCUT2D eigenvalue weighted by atomic mass is 19.4. The summed E-state index contributed by atoms with van der Waals surface area (Å²) in [6.45, 7) is 0.257. The van der Waals surface area contributed by atoms with Crippen molar-refractivity contribution in [2.45, 2.75) is 19.1 Å². The molecule has 0 saturated carbocycles. The molecule has 0 bridgehead atoms. The van der Waals surface area contributed by atoms with Crippen molar-refractivity contribution in [3.63, 3.8) is 0 Å². The summed E-state index contributed by atoms with van der Waals surface area (Å²) in [4.78, 5) is 1.12. The van der Waals surface area contributed by atoms with Crippen LogP contribution >= 0.6 is 0 Å². The molecule has 1 aromatic rings. The third-order valence-electron chi connectivity index (χ3n) is 3.21. The van der Waals surface area contributed by atoms with Gasteiger partial charge in [-0.3, -0.25) is 0 Å². The van der Waals surface area contributed by atoms with Gasteiger partial charge in [0.15, 0.2) is 0 Å². The van der Waals surface area contributed by atoms with E-state index >= 15 is 0 Å². The molecule has 21 heavy (non-hydrogen) atoms. The van der Waals surface area contributed by atoms with Crippen LogP contribution in [0.25, 0.3) is 0 Å². The Morgan fingerprint density at radius 3 is 2.52 bits per heavy atom. The Kier molecular flexibility index (Phi) is 6.29. The molecule has 1 aromatic carbocycles. The molecule has 1 rings (SSSR count). The van der Waals surface area contributed by atoms with Gasteiger partial charge in [-0.2, -0.15) is 13.2 Å². The second kappa shape index (κ2) is 7.51. The minimum atomic E-state index is -4.35. The smallest absolute Gasteiger partial charge is 0.405 e. The van der Waals surface area contributed by atoms with Gasteiger partial charge in [0, 0.05) is 23.8 Å². The number of methoxy groups -OCH3 is 1. The molecule has 0 aromatic heterocycles. The van der Waals surface area contributed by atoms with Gasteiger partial charge in [0.25, 0.3) is 0 Å². The number of alkyl halides is 3. The molecule has 0 aliphatic carbocycles. The molecule has 0 aliphatic rings. The van der Waals surface area contributed by atoms with Crippen molar-refractivity contribution < 1.29 is 23.0 Å². The Labute approximate surface area is 122 Å². The molecule has 0 fully saturated rings. The van der Waals surface area contributed by atoms with Crippen molar-refractivity contribution in [2.75, 3.05) is 38.8 Å².